The quantitative estimate of drug-likeness (QED) is 0.449. The van der Waals surface area contributed by atoms with E-state index in [1.54, 1.807) is 18.2 Å². The number of hydrogen-bond acceptors (Lipinski definition) is 4. The number of amides is 4. The Kier molecular flexibility index (Phi) is 7.69. The van der Waals surface area contributed by atoms with Crippen LogP contribution in [0.1, 0.15) is 11.1 Å². The Hall–Kier alpha value is -4.46. The average molecular weight is 430 g/mol. The van der Waals surface area contributed by atoms with E-state index in [1.807, 2.05) is 60.7 Å². The van der Waals surface area contributed by atoms with Gasteiger partial charge in [0, 0.05) is 24.5 Å². The molecule has 0 aliphatic rings. The van der Waals surface area contributed by atoms with Gasteiger partial charge in [0.15, 0.2) is 0 Å². The molecular weight excluding hydrogens is 408 g/mol. The monoisotopic (exact) mass is 430 g/mol. The molecule has 0 saturated heterocycles. The zero-order chi connectivity index (χ0) is 22.8. The zero-order valence-corrected chi connectivity index (χ0v) is 17.1. The molecule has 0 fully saturated rings. The summed E-state index contributed by atoms with van der Waals surface area (Å²) in [7, 11) is 0. The summed E-state index contributed by atoms with van der Waals surface area (Å²) in [5, 5.41) is 10.00. The lowest BCUT2D eigenvalue weighted by molar-refractivity contribution is -0.136. The van der Waals surface area contributed by atoms with Gasteiger partial charge in [-0.2, -0.15) is 0 Å². The van der Waals surface area contributed by atoms with Gasteiger partial charge < -0.3 is 21.3 Å². The van der Waals surface area contributed by atoms with Crippen LogP contribution < -0.4 is 21.3 Å². The van der Waals surface area contributed by atoms with Gasteiger partial charge >= 0.3 is 23.6 Å². The molecule has 0 radical (unpaired) electrons. The highest BCUT2D eigenvalue weighted by Gasteiger charge is 2.16. The van der Waals surface area contributed by atoms with Crippen molar-refractivity contribution in [2.75, 3.05) is 10.6 Å². The van der Waals surface area contributed by atoms with Crippen LogP contribution in [0.2, 0.25) is 0 Å². The van der Waals surface area contributed by atoms with Crippen molar-refractivity contribution >= 4 is 35.0 Å². The fraction of sp³-hybridized carbons (Fsp3) is 0.0833. The largest absolute Gasteiger partial charge is 0.344 e. The molecule has 32 heavy (non-hydrogen) atoms. The van der Waals surface area contributed by atoms with Crippen molar-refractivity contribution in [2.45, 2.75) is 13.1 Å². The standard InChI is InChI=1S/C24H22N4O4/c29-21(25-15-17-8-3-1-4-9-17)23(31)27-19-12-7-13-20(14-19)28-24(32)22(30)26-16-18-10-5-2-6-11-18/h1-14H,15-16H2,(H,25,29)(H,26,30)(H,27,31)(H,28,32). The summed E-state index contributed by atoms with van der Waals surface area (Å²) in [6, 6.07) is 24.6. The molecule has 4 amide bonds. The van der Waals surface area contributed by atoms with Crippen molar-refractivity contribution in [3.05, 3.63) is 96.1 Å². The van der Waals surface area contributed by atoms with E-state index >= 15 is 0 Å². The molecule has 0 saturated carbocycles. The minimum absolute atomic E-state index is 0.223. The van der Waals surface area contributed by atoms with Crippen molar-refractivity contribution < 1.29 is 19.2 Å². The van der Waals surface area contributed by atoms with Crippen molar-refractivity contribution in [1.82, 2.24) is 10.6 Å². The average Bonchev–Trinajstić information content (AvgIpc) is 2.82. The maximum Gasteiger partial charge on any atom is 0.313 e. The summed E-state index contributed by atoms with van der Waals surface area (Å²) in [5.74, 6) is -3.26. The molecule has 3 rings (SSSR count). The summed E-state index contributed by atoms with van der Waals surface area (Å²) in [5.41, 5.74) is 2.33. The van der Waals surface area contributed by atoms with E-state index in [2.05, 4.69) is 21.3 Å². The highest BCUT2D eigenvalue weighted by molar-refractivity contribution is 6.40. The van der Waals surface area contributed by atoms with Crippen LogP contribution in [-0.4, -0.2) is 23.6 Å². The molecular formula is C24H22N4O4. The Labute approximate surface area is 185 Å². The van der Waals surface area contributed by atoms with Crippen LogP contribution >= 0.6 is 0 Å². The van der Waals surface area contributed by atoms with Crippen LogP contribution in [0.15, 0.2) is 84.9 Å². The predicted octanol–water partition coefficient (Wildman–Crippen LogP) is 2.20. The fourth-order valence-electron chi connectivity index (χ4n) is 2.77. The van der Waals surface area contributed by atoms with Gasteiger partial charge in [0.1, 0.15) is 0 Å². The van der Waals surface area contributed by atoms with E-state index in [9.17, 15) is 19.2 Å². The summed E-state index contributed by atoms with van der Waals surface area (Å²) < 4.78 is 0. The molecule has 0 atom stereocenters. The van der Waals surface area contributed by atoms with Gasteiger partial charge in [0.25, 0.3) is 0 Å². The van der Waals surface area contributed by atoms with Crippen molar-refractivity contribution in [1.29, 1.82) is 0 Å². The molecule has 0 heterocycles. The lowest BCUT2D eigenvalue weighted by atomic mass is 10.2. The molecule has 4 N–H and O–H groups in total. The summed E-state index contributed by atoms with van der Waals surface area (Å²) in [6.07, 6.45) is 0. The van der Waals surface area contributed by atoms with Crippen LogP contribution in [0.4, 0.5) is 11.4 Å². The molecule has 0 spiro atoms. The minimum atomic E-state index is -0.843. The van der Waals surface area contributed by atoms with Crippen LogP contribution in [0, 0.1) is 0 Å². The smallest absolute Gasteiger partial charge is 0.313 e. The second kappa shape index (κ2) is 11.1. The van der Waals surface area contributed by atoms with Gasteiger partial charge in [0.05, 0.1) is 0 Å². The van der Waals surface area contributed by atoms with Gasteiger partial charge in [0.2, 0.25) is 0 Å². The summed E-state index contributed by atoms with van der Waals surface area (Å²) in [6.45, 7) is 0.447. The lowest BCUT2D eigenvalue weighted by Gasteiger charge is -2.09. The second-order valence-electron chi connectivity index (χ2n) is 6.83. The van der Waals surface area contributed by atoms with E-state index in [-0.39, 0.29) is 13.1 Å². The number of carbonyl (C=O) groups is 4. The second-order valence-corrected chi connectivity index (χ2v) is 6.83. The van der Waals surface area contributed by atoms with Crippen molar-refractivity contribution in [3.8, 4) is 0 Å². The van der Waals surface area contributed by atoms with Gasteiger partial charge in [-0.25, -0.2) is 0 Å². The highest BCUT2D eigenvalue weighted by Crippen LogP contribution is 2.15. The first kappa shape index (κ1) is 22.2. The topological polar surface area (TPSA) is 116 Å². The Balaban J connectivity index is 1.49. The maximum absolute atomic E-state index is 12.1. The van der Waals surface area contributed by atoms with Gasteiger partial charge in [-0.05, 0) is 29.3 Å². The first-order valence-electron chi connectivity index (χ1n) is 9.87. The zero-order valence-electron chi connectivity index (χ0n) is 17.1. The summed E-state index contributed by atoms with van der Waals surface area (Å²) >= 11 is 0. The predicted molar refractivity (Wildman–Crippen MR) is 120 cm³/mol. The van der Waals surface area contributed by atoms with Crippen molar-refractivity contribution in [2.24, 2.45) is 0 Å². The molecule has 162 valence electrons. The molecule has 8 nitrogen and oxygen atoms in total. The molecule has 0 aromatic heterocycles. The van der Waals surface area contributed by atoms with E-state index in [1.165, 1.54) is 6.07 Å². The Morgan fingerprint density at radius 2 is 0.906 bits per heavy atom. The molecule has 3 aromatic carbocycles. The number of benzene rings is 3. The first-order valence-corrected chi connectivity index (χ1v) is 9.87. The van der Waals surface area contributed by atoms with E-state index in [0.29, 0.717) is 11.4 Å². The molecule has 0 unspecified atom stereocenters. The maximum atomic E-state index is 12.1. The third-order valence-corrected chi connectivity index (χ3v) is 4.38. The number of nitrogens with one attached hydrogen (secondary N) is 4. The Morgan fingerprint density at radius 3 is 1.31 bits per heavy atom. The summed E-state index contributed by atoms with van der Waals surface area (Å²) in [4.78, 5) is 48.3. The van der Waals surface area contributed by atoms with E-state index in [4.69, 9.17) is 0 Å². The SMILES string of the molecule is O=C(NCc1ccccc1)C(=O)Nc1cccc(NC(=O)C(=O)NCc2ccccc2)c1. The lowest BCUT2D eigenvalue weighted by Crippen LogP contribution is -2.35. The Morgan fingerprint density at radius 1 is 0.500 bits per heavy atom. The van der Waals surface area contributed by atoms with Crippen molar-refractivity contribution in [3.63, 3.8) is 0 Å². The Bertz CT molecular complexity index is 1020. The first-order chi connectivity index (χ1) is 15.5. The van der Waals surface area contributed by atoms with Gasteiger partial charge in [-0.15, -0.1) is 0 Å². The fourth-order valence-corrected chi connectivity index (χ4v) is 2.77. The highest BCUT2D eigenvalue weighted by atomic mass is 16.2. The number of hydrogen-bond donors (Lipinski definition) is 4. The van der Waals surface area contributed by atoms with Gasteiger partial charge in [-0.1, -0.05) is 66.7 Å². The molecule has 0 bridgehead atoms. The molecule has 8 heteroatoms. The normalized spacial score (nSPS) is 10.0. The van der Waals surface area contributed by atoms with E-state index < -0.39 is 23.6 Å². The van der Waals surface area contributed by atoms with Gasteiger partial charge in [-0.3, -0.25) is 19.2 Å². The number of anilines is 2. The molecule has 3 aromatic rings. The van der Waals surface area contributed by atoms with E-state index in [0.717, 1.165) is 11.1 Å². The van der Waals surface area contributed by atoms with Crippen LogP contribution in [0.5, 0.6) is 0 Å². The number of carbonyl (C=O) groups excluding carboxylic acids is 4. The van der Waals surface area contributed by atoms with Crippen LogP contribution in [0.3, 0.4) is 0 Å². The number of rotatable bonds is 6. The molecule has 0 aliphatic carbocycles. The molecule has 0 aliphatic heterocycles. The van der Waals surface area contributed by atoms with Crippen LogP contribution in [-0.2, 0) is 32.3 Å². The third-order valence-electron chi connectivity index (χ3n) is 4.38. The minimum Gasteiger partial charge on any atom is -0.344 e. The third kappa shape index (κ3) is 6.81. The van der Waals surface area contributed by atoms with Crippen LogP contribution in [0.25, 0.3) is 0 Å².